The number of nitrogens with zero attached hydrogens (tertiary/aromatic N) is 1. The van der Waals surface area contributed by atoms with Crippen LogP contribution in [0.3, 0.4) is 0 Å². The summed E-state index contributed by atoms with van der Waals surface area (Å²) in [5, 5.41) is 2.84. The van der Waals surface area contributed by atoms with Crippen LogP contribution in [0, 0.1) is 11.6 Å². The number of hydrogen-bond acceptors (Lipinski definition) is 4. The van der Waals surface area contributed by atoms with Gasteiger partial charge >= 0.3 is 0 Å². The summed E-state index contributed by atoms with van der Waals surface area (Å²) in [7, 11) is 1.58. The van der Waals surface area contributed by atoms with Crippen LogP contribution in [0.2, 0.25) is 0 Å². The Morgan fingerprint density at radius 3 is 1.89 bits per heavy atom. The zero-order chi connectivity index (χ0) is 24.1. The van der Waals surface area contributed by atoms with E-state index in [-0.39, 0.29) is 24.8 Å². The van der Waals surface area contributed by atoms with Gasteiger partial charge in [0.25, 0.3) is 0 Å². The maximum absolute atomic E-state index is 13.5. The van der Waals surface area contributed by atoms with Crippen molar-refractivity contribution in [3.63, 3.8) is 0 Å². The predicted octanol–water partition coefficient (Wildman–Crippen LogP) is 5.98. The second-order valence-corrected chi connectivity index (χ2v) is 7.75. The first-order chi connectivity index (χ1) is 16.5. The lowest BCUT2D eigenvalue weighted by molar-refractivity contribution is -0.117. The van der Waals surface area contributed by atoms with Crippen LogP contribution in [-0.2, 0) is 4.79 Å². The Morgan fingerprint density at radius 2 is 1.39 bits per heavy atom. The summed E-state index contributed by atoms with van der Waals surface area (Å²) in [5.74, 6) is -1.17. The molecule has 4 aromatic rings. The molecule has 1 heterocycles. The van der Waals surface area contributed by atoms with Gasteiger partial charge < -0.3 is 15.8 Å². The molecule has 0 bridgehead atoms. The lowest BCUT2D eigenvalue weighted by Gasteiger charge is -2.24. The predicted molar refractivity (Wildman–Crippen MR) is 142 cm³/mol. The van der Waals surface area contributed by atoms with Crippen LogP contribution in [0.4, 0.5) is 14.5 Å². The number of ether oxygens (including phenoxy) is 1. The van der Waals surface area contributed by atoms with Crippen molar-refractivity contribution in [3.05, 3.63) is 114 Å². The Bertz CT molecular complexity index is 1230. The van der Waals surface area contributed by atoms with E-state index in [4.69, 9.17) is 10.5 Å². The van der Waals surface area contributed by atoms with Crippen LogP contribution >= 0.6 is 24.8 Å². The lowest BCUT2D eigenvalue weighted by Crippen LogP contribution is -2.41. The second kappa shape index (κ2) is 13.0. The van der Waals surface area contributed by atoms with Gasteiger partial charge in [0.05, 0.1) is 19.3 Å². The molecule has 0 saturated carbocycles. The van der Waals surface area contributed by atoms with Crippen molar-refractivity contribution in [2.75, 3.05) is 12.4 Å². The van der Waals surface area contributed by atoms with E-state index in [2.05, 4.69) is 10.3 Å². The van der Waals surface area contributed by atoms with Gasteiger partial charge in [-0.25, -0.2) is 8.78 Å². The third-order valence-corrected chi connectivity index (χ3v) is 5.59. The number of pyridine rings is 1. The van der Waals surface area contributed by atoms with Crippen molar-refractivity contribution in [1.82, 2.24) is 4.98 Å². The highest BCUT2D eigenvalue weighted by atomic mass is 35.5. The van der Waals surface area contributed by atoms with E-state index in [1.165, 1.54) is 24.3 Å². The van der Waals surface area contributed by atoms with Crippen LogP contribution in [0.5, 0.6) is 5.75 Å². The zero-order valence-electron chi connectivity index (χ0n) is 19.2. The fourth-order valence-electron chi connectivity index (χ4n) is 3.84. The minimum Gasteiger partial charge on any atom is -0.494 e. The van der Waals surface area contributed by atoms with Gasteiger partial charge in [0.2, 0.25) is 5.91 Å². The molecule has 3 aromatic carbocycles. The van der Waals surface area contributed by atoms with Crippen LogP contribution in [0.1, 0.15) is 17.0 Å². The Hall–Kier alpha value is -3.52. The summed E-state index contributed by atoms with van der Waals surface area (Å²) in [6.07, 6.45) is 3.31. The van der Waals surface area contributed by atoms with Crippen molar-refractivity contribution in [2.24, 2.45) is 5.73 Å². The van der Waals surface area contributed by atoms with Gasteiger partial charge in [-0.05, 0) is 59.2 Å². The van der Waals surface area contributed by atoms with Gasteiger partial charge in [-0.3, -0.25) is 9.78 Å². The second-order valence-electron chi connectivity index (χ2n) is 7.75. The largest absolute Gasteiger partial charge is 0.494 e. The van der Waals surface area contributed by atoms with Crippen molar-refractivity contribution >= 4 is 36.4 Å². The maximum atomic E-state index is 13.5. The molecule has 5 nitrogen and oxygen atoms in total. The summed E-state index contributed by atoms with van der Waals surface area (Å²) in [6, 6.07) is 19.6. The summed E-state index contributed by atoms with van der Waals surface area (Å²) in [5.41, 5.74) is 10.0. The Kier molecular flexibility index (Phi) is 10.3. The highest BCUT2D eigenvalue weighted by molar-refractivity contribution is 5.96. The molecule has 0 saturated heterocycles. The number of nitrogens with one attached hydrogen (secondary N) is 1. The number of hydrogen-bond donors (Lipinski definition) is 2. The molecule has 0 aliphatic heterocycles. The summed E-state index contributed by atoms with van der Waals surface area (Å²) in [4.78, 5) is 17.1. The average Bonchev–Trinajstić information content (AvgIpc) is 2.87. The molecule has 0 aliphatic rings. The quantitative estimate of drug-likeness (QED) is 0.307. The monoisotopic (exact) mass is 531 g/mol. The number of carbonyl (C=O) groups is 1. The van der Waals surface area contributed by atoms with E-state index in [1.807, 2.05) is 18.2 Å². The number of carbonyl (C=O) groups excluding carboxylic acids is 1. The Morgan fingerprint density at radius 1 is 0.861 bits per heavy atom. The van der Waals surface area contributed by atoms with Crippen molar-refractivity contribution in [3.8, 4) is 16.9 Å². The molecular formula is C27H25Cl2F2N3O2. The van der Waals surface area contributed by atoms with E-state index in [1.54, 1.807) is 55.9 Å². The fraction of sp³-hybridized carbons (Fsp3) is 0.111. The van der Waals surface area contributed by atoms with Crippen LogP contribution in [0.15, 0.2) is 91.3 Å². The molecule has 9 heteroatoms. The zero-order valence-corrected chi connectivity index (χ0v) is 20.9. The van der Waals surface area contributed by atoms with Crippen LogP contribution in [-0.4, -0.2) is 24.0 Å². The number of nitrogens with two attached hydrogens (primary N) is 1. The SMILES string of the molecule is COc1cnccc1-c1ccc(NC(=O)C(N)C(c2ccc(F)cc2)c2ccc(F)cc2)cc1.Cl.Cl. The van der Waals surface area contributed by atoms with Crippen molar-refractivity contribution in [2.45, 2.75) is 12.0 Å². The number of amides is 1. The summed E-state index contributed by atoms with van der Waals surface area (Å²) < 4.78 is 32.3. The van der Waals surface area contributed by atoms with Gasteiger partial charge in [-0.15, -0.1) is 24.8 Å². The normalized spacial score (nSPS) is 11.1. The van der Waals surface area contributed by atoms with E-state index in [9.17, 15) is 13.6 Å². The summed E-state index contributed by atoms with van der Waals surface area (Å²) in [6.45, 7) is 0. The number of benzene rings is 3. The van der Waals surface area contributed by atoms with Gasteiger partial charge in [0.1, 0.15) is 17.4 Å². The average molecular weight is 532 g/mol. The first-order valence-electron chi connectivity index (χ1n) is 10.6. The third-order valence-electron chi connectivity index (χ3n) is 5.59. The molecule has 1 unspecified atom stereocenters. The van der Waals surface area contributed by atoms with E-state index >= 15 is 0 Å². The van der Waals surface area contributed by atoms with Crippen molar-refractivity contribution in [1.29, 1.82) is 0 Å². The van der Waals surface area contributed by atoms with Crippen LogP contribution in [0.25, 0.3) is 11.1 Å². The fourth-order valence-corrected chi connectivity index (χ4v) is 3.84. The van der Waals surface area contributed by atoms with Gasteiger partial charge in [0.15, 0.2) is 0 Å². The highest BCUT2D eigenvalue weighted by Gasteiger charge is 2.28. The molecule has 188 valence electrons. The molecular weight excluding hydrogens is 507 g/mol. The van der Waals surface area contributed by atoms with Gasteiger partial charge in [-0.1, -0.05) is 36.4 Å². The number of rotatable bonds is 7. The first kappa shape index (κ1) is 28.7. The maximum Gasteiger partial charge on any atom is 0.242 e. The molecule has 3 N–H and O–H groups in total. The van der Waals surface area contributed by atoms with Crippen molar-refractivity contribution < 1.29 is 18.3 Å². The van der Waals surface area contributed by atoms with E-state index in [0.717, 1.165) is 11.1 Å². The number of methoxy groups -OCH3 is 1. The summed E-state index contributed by atoms with van der Waals surface area (Å²) >= 11 is 0. The number of anilines is 1. The molecule has 4 rings (SSSR count). The number of halogens is 4. The van der Waals surface area contributed by atoms with Gasteiger partial charge in [-0.2, -0.15) is 0 Å². The molecule has 1 aromatic heterocycles. The Labute approximate surface area is 220 Å². The van der Waals surface area contributed by atoms with Gasteiger partial charge in [0, 0.05) is 23.4 Å². The third kappa shape index (κ3) is 6.57. The van der Waals surface area contributed by atoms with Crippen LogP contribution < -0.4 is 15.8 Å². The highest BCUT2D eigenvalue weighted by Crippen LogP contribution is 2.31. The topological polar surface area (TPSA) is 77.2 Å². The molecule has 0 aliphatic carbocycles. The minimum atomic E-state index is -1.00. The molecule has 1 amide bonds. The standard InChI is InChI=1S/C27H23F2N3O2.2ClH/c1-34-24-16-31-15-14-23(24)17-6-12-22(13-7-17)32-27(33)26(30)25(18-2-8-20(28)9-3-18)19-4-10-21(29)11-5-19;;/h2-16,25-26H,30H2,1H3,(H,32,33);2*1H. The smallest absolute Gasteiger partial charge is 0.242 e. The lowest BCUT2D eigenvalue weighted by atomic mass is 9.85. The molecule has 36 heavy (non-hydrogen) atoms. The molecule has 0 radical (unpaired) electrons. The molecule has 0 spiro atoms. The first-order valence-corrected chi connectivity index (χ1v) is 10.6. The Balaban J connectivity index is 0.00000228. The number of aromatic nitrogens is 1. The van der Waals surface area contributed by atoms with E-state index in [0.29, 0.717) is 22.6 Å². The molecule has 1 atom stereocenters. The molecule has 0 fully saturated rings. The van der Waals surface area contributed by atoms with E-state index < -0.39 is 29.5 Å². The minimum absolute atomic E-state index is 0.